The van der Waals surface area contributed by atoms with Crippen molar-refractivity contribution in [2.45, 2.75) is 82.8 Å². The normalized spacial score (nSPS) is 24.3. The van der Waals surface area contributed by atoms with Gasteiger partial charge in [-0.3, -0.25) is 0 Å². The van der Waals surface area contributed by atoms with Crippen molar-refractivity contribution in [1.29, 1.82) is 0 Å². The molecule has 7 nitrogen and oxygen atoms in total. The van der Waals surface area contributed by atoms with Gasteiger partial charge < -0.3 is 29.2 Å². The summed E-state index contributed by atoms with van der Waals surface area (Å²) in [5, 5.41) is 20.7. The summed E-state index contributed by atoms with van der Waals surface area (Å²) in [5.41, 5.74) is 1.28. The van der Waals surface area contributed by atoms with E-state index < -0.39 is 43.3 Å². The first-order valence-electron chi connectivity index (χ1n) is 12.6. The molecular weight excluding hydrogens is 448 g/mol. The number of carbonyl (C=O) groups excluding carboxylic acids is 1. The van der Waals surface area contributed by atoms with Gasteiger partial charge in [-0.05, 0) is 24.1 Å². The fraction of sp³-hybridized carbons (Fsp3) is 0.536. The summed E-state index contributed by atoms with van der Waals surface area (Å²) in [7, 11) is 0. The third kappa shape index (κ3) is 8.40. The van der Waals surface area contributed by atoms with E-state index in [9.17, 15) is 15.0 Å². The van der Waals surface area contributed by atoms with Gasteiger partial charge in [-0.2, -0.15) is 0 Å². The molecule has 1 saturated heterocycles. The first kappa shape index (κ1) is 27.3. The molecule has 192 valence electrons. The molecule has 0 spiro atoms. The zero-order valence-electron chi connectivity index (χ0n) is 20.5. The maximum absolute atomic E-state index is 12.9. The van der Waals surface area contributed by atoms with E-state index in [1.165, 1.54) is 19.3 Å². The summed E-state index contributed by atoms with van der Waals surface area (Å²) < 4.78 is 23.7. The van der Waals surface area contributed by atoms with Crippen molar-refractivity contribution in [2.24, 2.45) is 0 Å². The highest BCUT2D eigenvalue weighted by molar-refractivity contribution is 5.89. The summed E-state index contributed by atoms with van der Waals surface area (Å²) in [6, 6.07) is 18.2. The number of hydrogen-bond donors (Lipinski definition) is 2. The quantitative estimate of drug-likeness (QED) is 0.304. The third-order valence-corrected chi connectivity index (χ3v) is 6.12. The minimum atomic E-state index is -1.20. The second kappa shape index (κ2) is 15.0. The SMILES string of the molecule is CCCCCCCCO[C@@H]1O[C@H](CO)[C@@H](O)[C@H](OCc2ccccc2)[C@@H]1OC(=O)c1ccccc1. The van der Waals surface area contributed by atoms with Crippen molar-refractivity contribution < 1.29 is 34.0 Å². The minimum absolute atomic E-state index is 0.199. The van der Waals surface area contributed by atoms with Crippen molar-refractivity contribution >= 4 is 5.97 Å². The molecular formula is C28H38O7. The lowest BCUT2D eigenvalue weighted by atomic mass is 9.98. The highest BCUT2D eigenvalue weighted by Crippen LogP contribution is 2.28. The molecule has 1 aliphatic heterocycles. The Morgan fingerprint density at radius 1 is 0.886 bits per heavy atom. The van der Waals surface area contributed by atoms with E-state index in [1.54, 1.807) is 24.3 Å². The monoisotopic (exact) mass is 486 g/mol. The van der Waals surface area contributed by atoms with Gasteiger partial charge in [-0.25, -0.2) is 4.79 Å². The molecule has 1 fully saturated rings. The maximum atomic E-state index is 12.9. The van der Waals surface area contributed by atoms with Gasteiger partial charge in [0.2, 0.25) is 0 Å². The van der Waals surface area contributed by atoms with E-state index in [0.717, 1.165) is 24.8 Å². The zero-order chi connectivity index (χ0) is 24.9. The highest BCUT2D eigenvalue weighted by atomic mass is 16.7. The molecule has 1 aliphatic rings. The first-order valence-corrected chi connectivity index (χ1v) is 12.6. The topological polar surface area (TPSA) is 94.5 Å². The number of benzene rings is 2. The van der Waals surface area contributed by atoms with Crippen molar-refractivity contribution in [3.05, 3.63) is 71.8 Å². The van der Waals surface area contributed by atoms with Gasteiger partial charge >= 0.3 is 5.97 Å². The molecule has 0 aromatic heterocycles. The number of ether oxygens (including phenoxy) is 4. The van der Waals surface area contributed by atoms with E-state index in [4.69, 9.17) is 18.9 Å². The molecule has 0 unspecified atom stereocenters. The van der Waals surface area contributed by atoms with Crippen LogP contribution >= 0.6 is 0 Å². The molecule has 0 aliphatic carbocycles. The van der Waals surface area contributed by atoms with Crippen LogP contribution in [-0.2, 0) is 25.6 Å². The van der Waals surface area contributed by atoms with Crippen LogP contribution in [0.4, 0.5) is 0 Å². The highest BCUT2D eigenvalue weighted by Gasteiger charge is 2.48. The number of aliphatic hydroxyl groups excluding tert-OH is 2. The van der Waals surface area contributed by atoms with E-state index >= 15 is 0 Å². The van der Waals surface area contributed by atoms with Crippen molar-refractivity contribution in [3.63, 3.8) is 0 Å². The fourth-order valence-electron chi connectivity index (χ4n) is 4.11. The Labute approximate surface area is 208 Å². The van der Waals surface area contributed by atoms with Crippen LogP contribution < -0.4 is 0 Å². The number of carbonyl (C=O) groups is 1. The predicted octanol–water partition coefficient (Wildman–Crippen LogP) is 4.25. The lowest BCUT2D eigenvalue weighted by Crippen LogP contribution is -2.61. The largest absolute Gasteiger partial charge is 0.450 e. The van der Waals surface area contributed by atoms with Crippen LogP contribution in [0, 0.1) is 0 Å². The molecule has 2 N–H and O–H groups in total. The smallest absolute Gasteiger partial charge is 0.338 e. The molecule has 35 heavy (non-hydrogen) atoms. The molecule has 0 radical (unpaired) electrons. The minimum Gasteiger partial charge on any atom is -0.450 e. The van der Waals surface area contributed by atoms with Gasteiger partial charge in [0.15, 0.2) is 12.4 Å². The number of hydrogen-bond acceptors (Lipinski definition) is 7. The van der Waals surface area contributed by atoms with Crippen LogP contribution in [0.3, 0.4) is 0 Å². The predicted molar refractivity (Wildman–Crippen MR) is 132 cm³/mol. The maximum Gasteiger partial charge on any atom is 0.338 e. The summed E-state index contributed by atoms with van der Waals surface area (Å²) >= 11 is 0. The number of aliphatic hydroxyl groups is 2. The Balaban J connectivity index is 1.71. The number of unbranched alkanes of at least 4 members (excludes halogenated alkanes) is 5. The van der Waals surface area contributed by atoms with E-state index in [0.29, 0.717) is 12.2 Å². The van der Waals surface area contributed by atoms with E-state index in [2.05, 4.69) is 6.92 Å². The summed E-state index contributed by atoms with van der Waals surface area (Å²) in [6.45, 7) is 2.38. The molecule has 7 heteroatoms. The molecule has 3 rings (SSSR count). The van der Waals surface area contributed by atoms with Crippen LogP contribution in [0.15, 0.2) is 60.7 Å². The van der Waals surface area contributed by atoms with Crippen LogP contribution in [-0.4, -0.2) is 60.1 Å². The molecule has 1 heterocycles. The summed E-state index contributed by atoms with van der Waals surface area (Å²) in [6.07, 6.45) is 1.57. The Kier molecular flexibility index (Phi) is 11.7. The van der Waals surface area contributed by atoms with E-state index in [1.807, 2.05) is 36.4 Å². The zero-order valence-corrected chi connectivity index (χ0v) is 20.5. The Morgan fingerprint density at radius 2 is 1.54 bits per heavy atom. The lowest BCUT2D eigenvalue weighted by molar-refractivity contribution is -0.308. The van der Waals surface area contributed by atoms with Gasteiger partial charge in [0.05, 0.1) is 18.8 Å². The molecule has 2 aromatic rings. The summed E-state index contributed by atoms with van der Waals surface area (Å²) in [5.74, 6) is -0.560. The van der Waals surface area contributed by atoms with Gasteiger partial charge in [-0.1, -0.05) is 87.6 Å². The Morgan fingerprint density at radius 3 is 2.23 bits per heavy atom. The lowest BCUT2D eigenvalue weighted by Gasteiger charge is -2.43. The van der Waals surface area contributed by atoms with Crippen molar-refractivity contribution in [1.82, 2.24) is 0 Å². The standard InChI is InChI=1S/C28H38O7/c1-2-3-4-5-6-13-18-32-28-26(35-27(31)22-16-11-8-12-17-22)25(24(30)23(19-29)34-28)33-20-21-14-9-7-10-15-21/h7-12,14-17,23-26,28-30H,2-6,13,18-20H2,1H3/t23-,24-,25+,26+,28-/m1/s1. The molecule has 0 amide bonds. The average Bonchev–Trinajstić information content (AvgIpc) is 2.90. The van der Waals surface area contributed by atoms with Crippen molar-refractivity contribution in [3.8, 4) is 0 Å². The third-order valence-electron chi connectivity index (χ3n) is 6.12. The van der Waals surface area contributed by atoms with Gasteiger partial charge in [0.1, 0.15) is 18.3 Å². The molecule has 5 atom stereocenters. The van der Waals surface area contributed by atoms with Crippen LogP contribution in [0.5, 0.6) is 0 Å². The Bertz CT molecular complexity index is 845. The van der Waals surface area contributed by atoms with Gasteiger partial charge in [0.25, 0.3) is 0 Å². The first-order chi connectivity index (χ1) is 17.1. The van der Waals surface area contributed by atoms with E-state index in [-0.39, 0.29) is 6.61 Å². The van der Waals surface area contributed by atoms with Crippen LogP contribution in [0.2, 0.25) is 0 Å². The average molecular weight is 487 g/mol. The second-order valence-electron chi connectivity index (χ2n) is 8.85. The fourth-order valence-corrected chi connectivity index (χ4v) is 4.11. The molecule has 0 saturated carbocycles. The van der Waals surface area contributed by atoms with Crippen LogP contribution in [0.1, 0.15) is 61.4 Å². The second-order valence-corrected chi connectivity index (χ2v) is 8.85. The van der Waals surface area contributed by atoms with Gasteiger partial charge in [-0.15, -0.1) is 0 Å². The molecule has 2 aromatic carbocycles. The molecule has 0 bridgehead atoms. The van der Waals surface area contributed by atoms with Crippen molar-refractivity contribution in [2.75, 3.05) is 13.2 Å². The number of rotatable bonds is 14. The van der Waals surface area contributed by atoms with Gasteiger partial charge in [0, 0.05) is 6.61 Å². The number of esters is 1. The van der Waals surface area contributed by atoms with Crippen LogP contribution in [0.25, 0.3) is 0 Å². The Hall–Kier alpha value is -2.29. The summed E-state index contributed by atoms with van der Waals surface area (Å²) in [4.78, 5) is 12.9.